The van der Waals surface area contributed by atoms with Gasteiger partial charge in [-0.3, -0.25) is 0 Å². The second-order valence-electron chi connectivity index (χ2n) is 12.7. The zero-order valence-electron chi connectivity index (χ0n) is 26.6. The molecule has 0 saturated heterocycles. The van der Waals surface area contributed by atoms with Gasteiger partial charge in [-0.25, -0.2) is 4.98 Å². The van der Waals surface area contributed by atoms with E-state index < -0.39 is 0 Å². The fraction of sp³-hybridized carbons (Fsp3) is 0. The van der Waals surface area contributed by atoms with Gasteiger partial charge in [-0.2, -0.15) is 0 Å². The Hall–Kier alpha value is -6.51. The van der Waals surface area contributed by atoms with Crippen LogP contribution in [-0.2, 0) is 0 Å². The van der Waals surface area contributed by atoms with Gasteiger partial charge in [0, 0.05) is 10.9 Å². The van der Waals surface area contributed by atoms with Crippen LogP contribution < -0.4 is 0 Å². The van der Waals surface area contributed by atoms with Crippen molar-refractivity contribution in [3.8, 4) is 44.8 Å². The van der Waals surface area contributed by atoms with Gasteiger partial charge in [0.25, 0.3) is 0 Å². The summed E-state index contributed by atoms with van der Waals surface area (Å²) in [5.41, 5.74) is 9.96. The molecule has 0 unspecified atom stereocenters. The van der Waals surface area contributed by atoms with Crippen LogP contribution in [0.5, 0.6) is 0 Å². The number of nitrogens with zero attached hydrogens (tertiary/aromatic N) is 1. The second kappa shape index (κ2) is 11.0. The Morgan fingerprint density at radius 3 is 1.53 bits per heavy atom. The van der Waals surface area contributed by atoms with E-state index in [9.17, 15) is 0 Å². The summed E-state index contributed by atoms with van der Waals surface area (Å²) in [6, 6.07) is 62.8. The summed E-state index contributed by atoms with van der Waals surface area (Å²) in [5.74, 6) is 0.635. The molecule has 10 aromatic rings. The third kappa shape index (κ3) is 4.38. The lowest BCUT2D eigenvalue weighted by atomic mass is 9.83. The lowest BCUT2D eigenvalue weighted by Gasteiger charge is -2.19. The van der Waals surface area contributed by atoms with Crippen molar-refractivity contribution in [3.05, 3.63) is 176 Å². The van der Waals surface area contributed by atoms with E-state index in [-0.39, 0.29) is 0 Å². The molecular weight excluding hydrogens is 595 g/mol. The monoisotopic (exact) mass is 623 g/mol. The molecule has 0 atom stereocenters. The van der Waals surface area contributed by atoms with Crippen molar-refractivity contribution in [1.29, 1.82) is 0 Å². The fourth-order valence-electron chi connectivity index (χ4n) is 7.67. The number of oxazole rings is 1. The van der Waals surface area contributed by atoms with Gasteiger partial charge in [-0.15, -0.1) is 0 Å². The summed E-state index contributed by atoms with van der Waals surface area (Å²) in [5, 5.41) is 9.49. The van der Waals surface area contributed by atoms with Gasteiger partial charge in [-0.05, 0) is 95.3 Å². The van der Waals surface area contributed by atoms with E-state index in [0.717, 1.165) is 32.8 Å². The van der Waals surface area contributed by atoms with Crippen LogP contribution in [0.2, 0.25) is 0 Å². The van der Waals surface area contributed by atoms with E-state index in [1.807, 2.05) is 30.3 Å². The zero-order valence-corrected chi connectivity index (χ0v) is 26.6. The Balaban J connectivity index is 1.28. The molecule has 0 radical (unpaired) electrons. The van der Waals surface area contributed by atoms with E-state index in [1.165, 1.54) is 60.3 Å². The fourth-order valence-corrected chi connectivity index (χ4v) is 7.67. The molecule has 0 aliphatic rings. The number of hydrogen-bond donors (Lipinski definition) is 0. The Bertz CT molecular complexity index is 2790. The molecule has 0 bridgehead atoms. The van der Waals surface area contributed by atoms with E-state index in [4.69, 9.17) is 9.40 Å². The normalized spacial score (nSPS) is 11.7. The summed E-state index contributed by atoms with van der Waals surface area (Å²) in [6.45, 7) is 0. The molecule has 228 valence electrons. The van der Waals surface area contributed by atoms with Gasteiger partial charge in [0.1, 0.15) is 5.52 Å². The number of rotatable bonds is 4. The topological polar surface area (TPSA) is 26.0 Å². The van der Waals surface area contributed by atoms with Gasteiger partial charge in [0.05, 0.1) is 0 Å². The molecule has 10 rings (SSSR count). The zero-order chi connectivity index (χ0) is 32.3. The molecule has 2 heteroatoms. The Kier molecular flexibility index (Phi) is 6.22. The predicted octanol–water partition coefficient (Wildman–Crippen LogP) is 13.1. The second-order valence-corrected chi connectivity index (χ2v) is 12.7. The smallest absolute Gasteiger partial charge is 0.227 e. The van der Waals surface area contributed by atoms with Crippen LogP contribution in [0.4, 0.5) is 0 Å². The minimum Gasteiger partial charge on any atom is -0.435 e. The standard InChI is InChI=1S/C47H29NO/c1-3-13-30(14-4-1)31-23-25-32(26-24-31)43-36-19-9-11-21-38(36)44(39-22-12-10-20-37(39)43)41-29-34-17-7-8-18-35(34)45-40(41)27-28-42-46(45)49-47(48-42)33-15-5-2-6-16-33/h1-29H. The average Bonchev–Trinajstić information content (AvgIpc) is 3.62. The maximum absolute atomic E-state index is 6.65. The van der Waals surface area contributed by atoms with Gasteiger partial charge < -0.3 is 4.42 Å². The summed E-state index contributed by atoms with van der Waals surface area (Å²) < 4.78 is 6.65. The van der Waals surface area contributed by atoms with E-state index in [0.29, 0.717) is 5.89 Å². The van der Waals surface area contributed by atoms with E-state index in [1.54, 1.807) is 0 Å². The highest BCUT2D eigenvalue weighted by Crippen LogP contribution is 2.47. The lowest BCUT2D eigenvalue weighted by molar-refractivity contribution is 0.623. The predicted molar refractivity (Wildman–Crippen MR) is 206 cm³/mol. The van der Waals surface area contributed by atoms with Gasteiger partial charge in [0.2, 0.25) is 5.89 Å². The minimum atomic E-state index is 0.635. The molecule has 0 N–H and O–H groups in total. The third-order valence-electron chi connectivity index (χ3n) is 9.88. The Morgan fingerprint density at radius 1 is 0.367 bits per heavy atom. The number of hydrogen-bond acceptors (Lipinski definition) is 2. The molecule has 0 spiro atoms. The molecule has 0 amide bonds. The summed E-state index contributed by atoms with van der Waals surface area (Å²) >= 11 is 0. The third-order valence-corrected chi connectivity index (χ3v) is 9.88. The van der Waals surface area contributed by atoms with Crippen molar-refractivity contribution in [1.82, 2.24) is 4.98 Å². The quantitative estimate of drug-likeness (QED) is 0.144. The maximum Gasteiger partial charge on any atom is 0.227 e. The van der Waals surface area contributed by atoms with E-state index >= 15 is 0 Å². The molecule has 1 heterocycles. The summed E-state index contributed by atoms with van der Waals surface area (Å²) in [6.07, 6.45) is 0. The molecule has 1 aromatic heterocycles. The highest BCUT2D eigenvalue weighted by molar-refractivity contribution is 6.28. The molecule has 49 heavy (non-hydrogen) atoms. The van der Waals surface area contributed by atoms with Crippen LogP contribution in [0.1, 0.15) is 0 Å². The number of fused-ring (bicyclic) bond motifs is 7. The molecular formula is C47H29NO. The first-order chi connectivity index (χ1) is 24.3. The Morgan fingerprint density at radius 2 is 0.878 bits per heavy atom. The summed E-state index contributed by atoms with van der Waals surface area (Å²) in [4.78, 5) is 4.95. The van der Waals surface area contributed by atoms with Crippen molar-refractivity contribution >= 4 is 54.2 Å². The van der Waals surface area contributed by atoms with Crippen molar-refractivity contribution in [2.75, 3.05) is 0 Å². The number of benzene rings is 9. The van der Waals surface area contributed by atoms with Gasteiger partial charge in [-0.1, -0.05) is 152 Å². The first-order valence-corrected chi connectivity index (χ1v) is 16.7. The van der Waals surface area contributed by atoms with Gasteiger partial charge >= 0.3 is 0 Å². The van der Waals surface area contributed by atoms with Crippen LogP contribution in [-0.4, -0.2) is 4.98 Å². The van der Waals surface area contributed by atoms with Gasteiger partial charge in [0.15, 0.2) is 5.58 Å². The largest absolute Gasteiger partial charge is 0.435 e. The molecule has 9 aromatic carbocycles. The molecule has 0 aliphatic heterocycles. The van der Waals surface area contributed by atoms with Crippen molar-refractivity contribution in [2.24, 2.45) is 0 Å². The highest BCUT2D eigenvalue weighted by atomic mass is 16.3. The summed E-state index contributed by atoms with van der Waals surface area (Å²) in [7, 11) is 0. The average molecular weight is 624 g/mol. The molecule has 0 aliphatic carbocycles. The van der Waals surface area contributed by atoms with Crippen LogP contribution in [0, 0.1) is 0 Å². The van der Waals surface area contributed by atoms with E-state index in [2.05, 4.69) is 146 Å². The van der Waals surface area contributed by atoms with Crippen molar-refractivity contribution in [2.45, 2.75) is 0 Å². The first-order valence-electron chi connectivity index (χ1n) is 16.7. The Labute approximate surface area is 283 Å². The maximum atomic E-state index is 6.65. The van der Waals surface area contributed by atoms with Crippen LogP contribution in [0.25, 0.3) is 99.0 Å². The first kappa shape index (κ1) is 27.6. The molecule has 2 nitrogen and oxygen atoms in total. The highest BCUT2D eigenvalue weighted by Gasteiger charge is 2.21. The van der Waals surface area contributed by atoms with Crippen LogP contribution in [0.15, 0.2) is 180 Å². The van der Waals surface area contributed by atoms with Crippen LogP contribution in [0.3, 0.4) is 0 Å². The lowest BCUT2D eigenvalue weighted by Crippen LogP contribution is -1.92. The molecule has 0 fully saturated rings. The van der Waals surface area contributed by atoms with Crippen LogP contribution >= 0.6 is 0 Å². The van der Waals surface area contributed by atoms with Crippen molar-refractivity contribution in [3.63, 3.8) is 0 Å². The SMILES string of the molecule is c1ccc(-c2ccc(-c3c4ccccc4c(-c4cc5ccccc5c5c4ccc4nc(-c6ccccc6)oc45)c4ccccc34)cc2)cc1. The molecule has 0 saturated carbocycles. The van der Waals surface area contributed by atoms with Crippen molar-refractivity contribution < 1.29 is 4.42 Å². The number of aromatic nitrogens is 1. The minimum absolute atomic E-state index is 0.635.